The molecule has 0 aliphatic carbocycles. The molecule has 1 heterocycles. The van der Waals surface area contributed by atoms with E-state index < -0.39 is 0 Å². The van der Waals surface area contributed by atoms with E-state index in [1.165, 1.54) is 0 Å². The first-order valence-electron chi connectivity index (χ1n) is 4.40. The quantitative estimate of drug-likeness (QED) is 0.506. The Bertz CT molecular complexity index is 121. The first-order chi connectivity index (χ1) is 5.20. The molecule has 0 bridgehead atoms. The molecular weight excluding hydrogens is 140 g/mol. The molecule has 0 radical (unpaired) electrons. The number of hydrogen-bond acceptors (Lipinski definition) is 2. The summed E-state index contributed by atoms with van der Waals surface area (Å²) in [7, 11) is 0. The topological polar surface area (TPSA) is 26.3 Å². The number of carbonyl (C=O) groups excluding carboxylic acids is 1. The molecule has 0 saturated carbocycles. The smallest absolute Gasteiger partial charge is 0.308 e. The van der Waals surface area contributed by atoms with E-state index in [-0.39, 0.29) is 18.0 Å². The van der Waals surface area contributed by atoms with Crippen molar-refractivity contribution in [2.45, 2.75) is 46.6 Å². The van der Waals surface area contributed by atoms with Gasteiger partial charge in [0, 0.05) is 0 Å². The predicted molar refractivity (Wildman–Crippen MR) is 45.3 cm³/mol. The summed E-state index contributed by atoms with van der Waals surface area (Å²) in [4.78, 5) is 10.8. The highest BCUT2D eigenvalue weighted by Gasteiger charge is 2.23. The molecule has 0 aromatic heterocycles. The number of ether oxygens (including phenoxy) is 1. The molecule has 0 spiro atoms. The minimum absolute atomic E-state index is 0.0336. The second-order valence-corrected chi connectivity index (χ2v) is 2.73. The largest absolute Gasteiger partial charge is 0.462 e. The third-order valence-corrected chi connectivity index (χ3v) is 1.73. The van der Waals surface area contributed by atoms with Crippen LogP contribution in [0, 0.1) is 5.92 Å². The van der Waals surface area contributed by atoms with Crippen molar-refractivity contribution in [3.05, 3.63) is 0 Å². The zero-order valence-electron chi connectivity index (χ0n) is 7.89. The van der Waals surface area contributed by atoms with Crippen molar-refractivity contribution >= 4 is 5.97 Å². The maximum absolute atomic E-state index is 10.8. The van der Waals surface area contributed by atoms with E-state index >= 15 is 0 Å². The van der Waals surface area contributed by atoms with E-state index in [4.69, 9.17) is 4.74 Å². The molecule has 2 nitrogen and oxygen atoms in total. The van der Waals surface area contributed by atoms with E-state index in [9.17, 15) is 4.79 Å². The van der Waals surface area contributed by atoms with Gasteiger partial charge in [0.2, 0.25) is 0 Å². The number of cyclic esters (lactones) is 1. The summed E-state index contributed by atoms with van der Waals surface area (Å²) < 4.78 is 4.96. The van der Waals surface area contributed by atoms with Crippen molar-refractivity contribution in [2.75, 3.05) is 0 Å². The van der Waals surface area contributed by atoms with E-state index in [0.717, 1.165) is 12.8 Å². The maximum Gasteiger partial charge on any atom is 0.308 e. The van der Waals surface area contributed by atoms with Crippen LogP contribution < -0.4 is 0 Å². The van der Waals surface area contributed by atoms with Gasteiger partial charge in [0.25, 0.3) is 0 Å². The van der Waals surface area contributed by atoms with Gasteiger partial charge in [-0.2, -0.15) is 0 Å². The lowest BCUT2D eigenvalue weighted by Gasteiger charge is -2.22. The molecule has 1 rings (SSSR count). The average Bonchev–Trinajstić information content (AvgIpc) is 2.02. The molecule has 0 N–H and O–H groups in total. The lowest BCUT2D eigenvalue weighted by molar-refractivity contribution is -0.158. The molecule has 1 aliphatic rings. The van der Waals surface area contributed by atoms with Gasteiger partial charge < -0.3 is 4.74 Å². The second kappa shape index (κ2) is 5.16. The van der Waals surface area contributed by atoms with Crippen molar-refractivity contribution in [3.63, 3.8) is 0 Å². The number of rotatable bonds is 0. The first kappa shape index (κ1) is 10.5. The fraction of sp³-hybridized carbons (Fsp3) is 0.889. The Balaban J connectivity index is 0.000000461. The Kier molecular flexibility index (Phi) is 4.92. The molecule has 2 atom stereocenters. The average molecular weight is 158 g/mol. The fourth-order valence-electron chi connectivity index (χ4n) is 0.976. The Hall–Kier alpha value is -0.530. The lowest BCUT2D eigenvalue weighted by Crippen LogP contribution is -2.27. The van der Waals surface area contributed by atoms with Crippen LogP contribution in [-0.2, 0) is 9.53 Å². The SMILES string of the molecule is CC.CC1CC[C@@H](C)OC1=O. The van der Waals surface area contributed by atoms with E-state index in [1.807, 2.05) is 27.7 Å². The van der Waals surface area contributed by atoms with Gasteiger partial charge >= 0.3 is 5.97 Å². The zero-order chi connectivity index (χ0) is 8.85. The normalized spacial score (nSPS) is 30.0. The molecule has 1 aliphatic heterocycles. The van der Waals surface area contributed by atoms with Crippen LogP contribution in [0.1, 0.15) is 40.5 Å². The van der Waals surface area contributed by atoms with Gasteiger partial charge in [0.05, 0.1) is 12.0 Å². The molecular formula is C9H18O2. The summed E-state index contributed by atoms with van der Waals surface area (Å²) in [6.45, 7) is 7.85. The van der Waals surface area contributed by atoms with Crippen LogP contribution in [-0.4, -0.2) is 12.1 Å². The summed E-state index contributed by atoms with van der Waals surface area (Å²) in [5.41, 5.74) is 0. The van der Waals surface area contributed by atoms with Crippen molar-refractivity contribution in [1.29, 1.82) is 0 Å². The number of carbonyl (C=O) groups is 1. The van der Waals surface area contributed by atoms with E-state index in [0.29, 0.717) is 0 Å². The Morgan fingerprint density at radius 2 is 1.82 bits per heavy atom. The molecule has 1 saturated heterocycles. The van der Waals surface area contributed by atoms with Crippen LogP contribution in [0.3, 0.4) is 0 Å². The predicted octanol–water partition coefficient (Wildman–Crippen LogP) is 2.37. The monoisotopic (exact) mass is 158 g/mol. The van der Waals surface area contributed by atoms with E-state index in [2.05, 4.69) is 0 Å². The minimum atomic E-state index is -0.0336. The lowest BCUT2D eigenvalue weighted by atomic mass is 10.0. The van der Waals surface area contributed by atoms with Crippen LogP contribution in [0.5, 0.6) is 0 Å². The first-order valence-corrected chi connectivity index (χ1v) is 4.40. The summed E-state index contributed by atoms with van der Waals surface area (Å²) >= 11 is 0. The molecule has 66 valence electrons. The molecule has 0 aromatic carbocycles. The van der Waals surface area contributed by atoms with E-state index in [1.54, 1.807) is 0 Å². The van der Waals surface area contributed by atoms with Crippen LogP contribution in [0.4, 0.5) is 0 Å². The molecule has 11 heavy (non-hydrogen) atoms. The number of esters is 1. The third-order valence-electron chi connectivity index (χ3n) is 1.73. The number of hydrogen-bond donors (Lipinski definition) is 0. The maximum atomic E-state index is 10.8. The van der Waals surface area contributed by atoms with Crippen molar-refractivity contribution in [1.82, 2.24) is 0 Å². The van der Waals surface area contributed by atoms with Crippen LogP contribution in [0.15, 0.2) is 0 Å². The zero-order valence-corrected chi connectivity index (χ0v) is 7.89. The highest BCUT2D eigenvalue weighted by atomic mass is 16.5. The minimum Gasteiger partial charge on any atom is -0.462 e. The summed E-state index contributed by atoms with van der Waals surface area (Å²) in [5.74, 6) is 0.0925. The van der Waals surface area contributed by atoms with Gasteiger partial charge in [-0.25, -0.2) is 0 Å². The standard InChI is InChI=1S/C7H12O2.C2H6/c1-5-3-4-6(2)9-7(5)8;1-2/h5-6H,3-4H2,1-2H3;1-2H3/t5?,6-;/m1./s1. The van der Waals surface area contributed by atoms with Gasteiger partial charge in [0.15, 0.2) is 0 Å². The molecule has 0 aromatic rings. The van der Waals surface area contributed by atoms with Crippen molar-refractivity contribution < 1.29 is 9.53 Å². The van der Waals surface area contributed by atoms with Crippen LogP contribution in [0.2, 0.25) is 0 Å². The van der Waals surface area contributed by atoms with Gasteiger partial charge in [-0.3, -0.25) is 4.79 Å². The molecule has 1 unspecified atom stereocenters. The van der Waals surface area contributed by atoms with Gasteiger partial charge in [-0.05, 0) is 19.8 Å². The molecule has 2 heteroatoms. The Morgan fingerprint density at radius 1 is 1.27 bits per heavy atom. The summed E-state index contributed by atoms with van der Waals surface area (Å²) in [6.07, 6.45) is 2.15. The summed E-state index contributed by atoms with van der Waals surface area (Å²) in [5, 5.41) is 0. The Morgan fingerprint density at radius 3 is 2.18 bits per heavy atom. The van der Waals surface area contributed by atoms with Crippen LogP contribution >= 0.6 is 0 Å². The van der Waals surface area contributed by atoms with Gasteiger partial charge in [-0.15, -0.1) is 0 Å². The van der Waals surface area contributed by atoms with Crippen molar-refractivity contribution in [3.8, 4) is 0 Å². The molecule has 1 fully saturated rings. The molecule has 0 amide bonds. The van der Waals surface area contributed by atoms with Crippen LogP contribution in [0.25, 0.3) is 0 Å². The fourth-order valence-corrected chi connectivity index (χ4v) is 0.976. The highest BCUT2D eigenvalue weighted by Crippen LogP contribution is 2.18. The van der Waals surface area contributed by atoms with Gasteiger partial charge in [-0.1, -0.05) is 20.8 Å². The third kappa shape index (κ3) is 3.40. The Labute approximate surface area is 68.9 Å². The van der Waals surface area contributed by atoms with Crippen molar-refractivity contribution in [2.24, 2.45) is 5.92 Å². The van der Waals surface area contributed by atoms with Gasteiger partial charge in [0.1, 0.15) is 0 Å². The highest BCUT2D eigenvalue weighted by molar-refractivity contribution is 5.72. The summed E-state index contributed by atoms with van der Waals surface area (Å²) in [6, 6.07) is 0. The second-order valence-electron chi connectivity index (χ2n) is 2.73.